The molecule has 0 aliphatic carbocycles. The largest absolute Gasteiger partial charge is 0.459 e. The Bertz CT molecular complexity index is 1360. The van der Waals surface area contributed by atoms with Crippen molar-refractivity contribution in [3.05, 3.63) is 76.0 Å². The number of aryl methyl sites for hydroxylation is 1. The number of rotatable bonds is 4. The average molecular weight is 463 g/mol. The van der Waals surface area contributed by atoms with Crippen molar-refractivity contribution in [2.45, 2.75) is 13.5 Å². The van der Waals surface area contributed by atoms with Crippen molar-refractivity contribution < 1.29 is 14.0 Å². The van der Waals surface area contributed by atoms with E-state index in [9.17, 15) is 14.4 Å². The van der Waals surface area contributed by atoms with Crippen LogP contribution in [0.25, 0.3) is 21.3 Å². The van der Waals surface area contributed by atoms with E-state index < -0.39 is 0 Å². The molecule has 8 nitrogen and oxygen atoms in total. The summed E-state index contributed by atoms with van der Waals surface area (Å²) in [7, 11) is 0. The van der Waals surface area contributed by atoms with E-state index in [1.165, 1.54) is 28.5 Å². The monoisotopic (exact) mass is 462 g/mol. The highest BCUT2D eigenvalue weighted by atomic mass is 32.1. The molecule has 4 heterocycles. The summed E-state index contributed by atoms with van der Waals surface area (Å²) < 4.78 is 6.55. The molecule has 0 spiro atoms. The Hall–Kier alpha value is -3.72. The average Bonchev–Trinajstić information content (AvgIpc) is 3.52. The summed E-state index contributed by atoms with van der Waals surface area (Å²) in [5.41, 5.74) is 2.70. The second-order valence-corrected chi connectivity index (χ2v) is 8.88. The number of benzene rings is 1. The van der Waals surface area contributed by atoms with Crippen LogP contribution in [0, 0.1) is 6.92 Å². The van der Waals surface area contributed by atoms with Crippen molar-refractivity contribution in [1.82, 2.24) is 19.4 Å². The molecule has 0 bridgehead atoms. The number of fused-ring (bicyclic) bond motifs is 1. The lowest BCUT2D eigenvalue weighted by atomic mass is 10.1. The molecule has 1 fully saturated rings. The number of amides is 2. The van der Waals surface area contributed by atoms with Gasteiger partial charge in [-0.1, -0.05) is 29.8 Å². The molecule has 5 rings (SSSR count). The number of carbonyl (C=O) groups excluding carboxylic acids is 2. The predicted molar refractivity (Wildman–Crippen MR) is 125 cm³/mol. The summed E-state index contributed by atoms with van der Waals surface area (Å²) in [4.78, 5) is 47.0. The van der Waals surface area contributed by atoms with Gasteiger partial charge in [0.2, 0.25) is 5.91 Å². The van der Waals surface area contributed by atoms with Crippen LogP contribution >= 0.6 is 11.3 Å². The van der Waals surface area contributed by atoms with Gasteiger partial charge in [0.1, 0.15) is 11.4 Å². The molecule has 3 aromatic heterocycles. The van der Waals surface area contributed by atoms with Crippen LogP contribution in [0.2, 0.25) is 0 Å². The first-order valence-corrected chi connectivity index (χ1v) is 11.5. The maximum absolute atomic E-state index is 13.2. The van der Waals surface area contributed by atoms with Crippen molar-refractivity contribution >= 4 is 33.4 Å². The quantitative estimate of drug-likeness (QED) is 0.465. The van der Waals surface area contributed by atoms with E-state index in [2.05, 4.69) is 4.98 Å². The van der Waals surface area contributed by atoms with Crippen molar-refractivity contribution in [3.63, 3.8) is 0 Å². The number of thiophene rings is 1. The minimum atomic E-state index is -0.225. The predicted octanol–water partition coefficient (Wildman–Crippen LogP) is 3.01. The summed E-state index contributed by atoms with van der Waals surface area (Å²) in [6.45, 7) is 3.57. The minimum Gasteiger partial charge on any atom is -0.459 e. The Balaban J connectivity index is 1.31. The van der Waals surface area contributed by atoms with Gasteiger partial charge in [-0.15, -0.1) is 11.3 Å². The zero-order valence-electron chi connectivity index (χ0n) is 18.1. The lowest BCUT2D eigenvalue weighted by Gasteiger charge is -2.34. The molecule has 1 aliphatic rings. The third-order valence-electron chi connectivity index (χ3n) is 5.88. The summed E-state index contributed by atoms with van der Waals surface area (Å²) in [5.74, 6) is -0.0598. The van der Waals surface area contributed by atoms with Crippen LogP contribution in [0.3, 0.4) is 0 Å². The second kappa shape index (κ2) is 8.67. The van der Waals surface area contributed by atoms with Crippen molar-refractivity contribution in [2.24, 2.45) is 0 Å². The van der Waals surface area contributed by atoms with E-state index >= 15 is 0 Å². The molecule has 0 N–H and O–H groups in total. The fraction of sp³-hybridized carbons (Fsp3) is 0.250. The Morgan fingerprint density at radius 1 is 1.06 bits per heavy atom. The third kappa shape index (κ3) is 4.07. The summed E-state index contributed by atoms with van der Waals surface area (Å²) in [5, 5.41) is 2.47. The zero-order valence-corrected chi connectivity index (χ0v) is 18.9. The van der Waals surface area contributed by atoms with E-state index in [0.717, 1.165) is 16.7 Å². The Kier molecular flexibility index (Phi) is 5.55. The molecular formula is C24H22N4O4S. The van der Waals surface area contributed by atoms with Gasteiger partial charge in [-0.3, -0.25) is 19.0 Å². The molecule has 1 aliphatic heterocycles. The Morgan fingerprint density at radius 3 is 2.48 bits per heavy atom. The molecule has 4 aromatic rings. The van der Waals surface area contributed by atoms with E-state index in [1.54, 1.807) is 21.9 Å². The van der Waals surface area contributed by atoms with Crippen LogP contribution in [0.4, 0.5) is 0 Å². The molecule has 0 radical (unpaired) electrons. The number of furan rings is 1. The third-order valence-corrected chi connectivity index (χ3v) is 6.77. The minimum absolute atomic E-state index is 0.0862. The molecule has 9 heteroatoms. The van der Waals surface area contributed by atoms with Gasteiger partial charge in [-0.05, 0) is 24.6 Å². The standard InChI is InChI=1S/C24H22N4O4S/c1-16-4-6-17(7-5-16)18-14-33-22-21(18)24(31)28(15-25-22)13-20(29)26-8-10-27(11-9-26)23(30)19-3-2-12-32-19/h2-7,12,14-15H,8-11,13H2,1H3. The fourth-order valence-corrected chi connectivity index (χ4v) is 4.89. The van der Waals surface area contributed by atoms with Crippen LogP contribution in [-0.4, -0.2) is 57.3 Å². The number of hydrogen-bond acceptors (Lipinski definition) is 6. The summed E-state index contributed by atoms with van der Waals surface area (Å²) in [6.07, 6.45) is 2.90. The lowest BCUT2D eigenvalue weighted by molar-refractivity contribution is -0.133. The highest BCUT2D eigenvalue weighted by Crippen LogP contribution is 2.30. The number of aromatic nitrogens is 2. The van der Waals surface area contributed by atoms with E-state index in [4.69, 9.17) is 4.42 Å². The van der Waals surface area contributed by atoms with Crippen LogP contribution < -0.4 is 5.56 Å². The van der Waals surface area contributed by atoms with Crippen LogP contribution in [0.5, 0.6) is 0 Å². The molecule has 0 atom stereocenters. The van der Waals surface area contributed by atoms with E-state index in [-0.39, 0.29) is 23.9 Å². The highest BCUT2D eigenvalue weighted by molar-refractivity contribution is 7.17. The van der Waals surface area contributed by atoms with Gasteiger partial charge in [0.25, 0.3) is 11.5 Å². The molecule has 168 valence electrons. The Morgan fingerprint density at radius 2 is 1.79 bits per heavy atom. The fourth-order valence-electron chi connectivity index (χ4n) is 3.99. The number of hydrogen-bond donors (Lipinski definition) is 0. The normalized spacial score (nSPS) is 14.1. The van der Waals surface area contributed by atoms with Crippen LogP contribution in [-0.2, 0) is 11.3 Å². The lowest BCUT2D eigenvalue weighted by Crippen LogP contribution is -2.51. The maximum atomic E-state index is 13.2. The van der Waals surface area contributed by atoms with E-state index in [1.807, 2.05) is 36.6 Å². The van der Waals surface area contributed by atoms with Crippen LogP contribution in [0.15, 0.2) is 63.6 Å². The molecule has 1 aromatic carbocycles. The molecule has 2 amide bonds. The van der Waals surface area contributed by atoms with Gasteiger partial charge in [0.05, 0.1) is 18.0 Å². The molecule has 0 saturated carbocycles. The first kappa shape index (κ1) is 21.1. The molecular weight excluding hydrogens is 440 g/mol. The van der Waals surface area contributed by atoms with Gasteiger partial charge in [0.15, 0.2) is 5.76 Å². The first-order chi connectivity index (χ1) is 16.0. The van der Waals surface area contributed by atoms with Crippen molar-refractivity contribution in [1.29, 1.82) is 0 Å². The highest BCUT2D eigenvalue weighted by Gasteiger charge is 2.26. The summed E-state index contributed by atoms with van der Waals surface area (Å²) >= 11 is 1.42. The maximum Gasteiger partial charge on any atom is 0.289 e. The molecule has 1 saturated heterocycles. The number of carbonyl (C=O) groups is 2. The molecule has 0 unspecified atom stereocenters. The number of nitrogens with zero attached hydrogens (tertiary/aromatic N) is 4. The van der Waals surface area contributed by atoms with Crippen LogP contribution in [0.1, 0.15) is 16.1 Å². The van der Waals surface area contributed by atoms with Gasteiger partial charge < -0.3 is 14.2 Å². The first-order valence-electron chi connectivity index (χ1n) is 10.7. The number of piperazine rings is 1. The van der Waals surface area contributed by atoms with E-state index in [0.29, 0.717) is 42.2 Å². The van der Waals surface area contributed by atoms with Crippen molar-refractivity contribution in [3.8, 4) is 11.1 Å². The SMILES string of the molecule is Cc1ccc(-c2csc3ncn(CC(=O)N4CCN(C(=O)c5ccco5)CC4)c(=O)c23)cc1. The molecule has 33 heavy (non-hydrogen) atoms. The van der Waals surface area contributed by atoms with Crippen molar-refractivity contribution in [2.75, 3.05) is 26.2 Å². The van der Waals surface area contributed by atoms with Gasteiger partial charge in [0, 0.05) is 37.1 Å². The van der Waals surface area contributed by atoms with Gasteiger partial charge in [-0.25, -0.2) is 4.98 Å². The Labute approximate surface area is 193 Å². The topological polar surface area (TPSA) is 88.7 Å². The smallest absolute Gasteiger partial charge is 0.289 e. The second-order valence-electron chi connectivity index (χ2n) is 8.02. The zero-order chi connectivity index (χ0) is 22.9. The summed E-state index contributed by atoms with van der Waals surface area (Å²) in [6, 6.07) is 11.3. The van der Waals surface area contributed by atoms with Gasteiger partial charge >= 0.3 is 0 Å². The van der Waals surface area contributed by atoms with Gasteiger partial charge in [-0.2, -0.15) is 0 Å².